The Morgan fingerprint density at radius 1 is 1.91 bits per heavy atom. The third-order valence-corrected chi connectivity index (χ3v) is 2.40. The van der Waals surface area contributed by atoms with Crippen LogP contribution in [0.5, 0.6) is 0 Å². The Hall–Kier alpha value is -0.850. The lowest BCUT2D eigenvalue weighted by Gasteiger charge is -2.01. The number of rotatable bonds is 2. The summed E-state index contributed by atoms with van der Waals surface area (Å²) in [7, 11) is 0. The summed E-state index contributed by atoms with van der Waals surface area (Å²) >= 11 is 1.53. The summed E-state index contributed by atoms with van der Waals surface area (Å²) in [6, 6.07) is 0.0436. The Morgan fingerprint density at radius 2 is 2.64 bits per heavy atom. The number of thiazole rings is 1. The Bertz CT molecular complexity index is 272. The van der Waals surface area contributed by atoms with Crippen LogP contribution in [0.15, 0.2) is 5.38 Å². The van der Waals surface area contributed by atoms with Crippen LogP contribution in [0.2, 0.25) is 0 Å². The predicted octanol–water partition coefficient (Wildman–Crippen LogP) is 1.53. The zero-order valence-electron chi connectivity index (χ0n) is 6.37. The molecule has 11 heavy (non-hydrogen) atoms. The fraction of sp³-hybridized carbons (Fsp3) is 0.375. The molecule has 1 aromatic rings. The van der Waals surface area contributed by atoms with Crippen molar-refractivity contribution in [3.8, 4) is 12.3 Å². The van der Waals surface area contributed by atoms with Gasteiger partial charge < -0.3 is 5.73 Å². The number of terminal acetylenes is 1. The monoisotopic (exact) mass is 166 g/mol. The first-order valence-electron chi connectivity index (χ1n) is 3.45. The first-order valence-corrected chi connectivity index (χ1v) is 4.33. The van der Waals surface area contributed by atoms with Crippen LogP contribution in [0.4, 0.5) is 0 Å². The van der Waals surface area contributed by atoms with Gasteiger partial charge in [0.25, 0.3) is 0 Å². The third kappa shape index (κ3) is 1.79. The van der Waals surface area contributed by atoms with E-state index < -0.39 is 0 Å². The lowest BCUT2D eigenvalue weighted by Crippen LogP contribution is -2.07. The van der Waals surface area contributed by atoms with Gasteiger partial charge in [-0.2, -0.15) is 0 Å². The van der Waals surface area contributed by atoms with E-state index in [1.807, 2.05) is 12.3 Å². The second-order valence-corrected chi connectivity index (χ2v) is 3.12. The standard InChI is InChI=1S/C8H10N2S/c1-3-6-5-11-8(10-6)7(9)4-2/h1,5,7H,4,9H2,2H3. The minimum absolute atomic E-state index is 0.0436. The maximum atomic E-state index is 5.74. The molecule has 0 fully saturated rings. The van der Waals surface area contributed by atoms with Crippen LogP contribution in [0, 0.1) is 12.3 Å². The molecule has 0 aliphatic carbocycles. The van der Waals surface area contributed by atoms with E-state index in [0.29, 0.717) is 5.69 Å². The third-order valence-electron chi connectivity index (χ3n) is 1.43. The lowest BCUT2D eigenvalue weighted by molar-refractivity contribution is 0.692. The molecule has 0 aromatic carbocycles. The van der Waals surface area contributed by atoms with Gasteiger partial charge >= 0.3 is 0 Å². The summed E-state index contributed by atoms with van der Waals surface area (Å²) in [5.74, 6) is 2.47. The molecule has 2 nitrogen and oxygen atoms in total. The molecule has 0 spiro atoms. The maximum Gasteiger partial charge on any atom is 0.124 e. The van der Waals surface area contributed by atoms with E-state index in [4.69, 9.17) is 12.2 Å². The van der Waals surface area contributed by atoms with Gasteiger partial charge in [0.2, 0.25) is 0 Å². The van der Waals surface area contributed by atoms with Crippen LogP contribution < -0.4 is 5.73 Å². The van der Waals surface area contributed by atoms with E-state index >= 15 is 0 Å². The van der Waals surface area contributed by atoms with Crippen molar-refractivity contribution in [3.63, 3.8) is 0 Å². The number of aromatic nitrogens is 1. The molecule has 1 rings (SSSR count). The van der Waals surface area contributed by atoms with Gasteiger partial charge in [-0.05, 0) is 12.3 Å². The van der Waals surface area contributed by atoms with Crippen molar-refractivity contribution in [1.82, 2.24) is 4.98 Å². The molecule has 1 heterocycles. The highest BCUT2D eigenvalue weighted by Gasteiger charge is 2.06. The number of hydrogen-bond acceptors (Lipinski definition) is 3. The predicted molar refractivity (Wildman–Crippen MR) is 47.3 cm³/mol. The van der Waals surface area contributed by atoms with Crippen molar-refractivity contribution in [1.29, 1.82) is 0 Å². The average molecular weight is 166 g/mol. The molecule has 0 bridgehead atoms. The summed E-state index contributed by atoms with van der Waals surface area (Å²) in [6.45, 7) is 2.03. The summed E-state index contributed by atoms with van der Waals surface area (Å²) < 4.78 is 0. The smallest absolute Gasteiger partial charge is 0.124 e. The molecular formula is C8H10N2S. The highest BCUT2D eigenvalue weighted by Crippen LogP contribution is 2.17. The van der Waals surface area contributed by atoms with Crippen molar-refractivity contribution >= 4 is 11.3 Å². The van der Waals surface area contributed by atoms with Gasteiger partial charge in [0.1, 0.15) is 10.7 Å². The zero-order chi connectivity index (χ0) is 8.27. The van der Waals surface area contributed by atoms with Crippen molar-refractivity contribution in [2.45, 2.75) is 19.4 Å². The van der Waals surface area contributed by atoms with Crippen LogP contribution in [-0.2, 0) is 0 Å². The molecule has 0 aliphatic heterocycles. The van der Waals surface area contributed by atoms with Gasteiger partial charge in [0.15, 0.2) is 0 Å². The molecule has 1 aromatic heterocycles. The van der Waals surface area contributed by atoms with Gasteiger partial charge in [-0.15, -0.1) is 17.8 Å². The molecule has 1 unspecified atom stereocenters. The Kier molecular flexibility index (Phi) is 2.64. The molecule has 2 N–H and O–H groups in total. The van der Waals surface area contributed by atoms with Crippen molar-refractivity contribution in [2.24, 2.45) is 5.73 Å². The largest absolute Gasteiger partial charge is 0.322 e. The molecule has 0 saturated heterocycles. The number of hydrogen-bond donors (Lipinski definition) is 1. The first-order chi connectivity index (χ1) is 5.27. The summed E-state index contributed by atoms with van der Waals surface area (Å²) in [6.07, 6.45) is 6.06. The molecule has 0 saturated carbocycles. The second kappa shape index (κ2) is 3.51. The number of nitrogens with zero attached hydrogens (tertiary/aromatic N) is 1. The van der Waals surface area contributed by atoms with Gasteiger partial charge in [0, 0.05) is 5.38 Å². The average Bonchev–Trinajstić information content (AvgIpc) is 2.50. The summed E-state index contributed by atoms with van der Waals surface area (Å²) in [5, 5.41) is 2.78. The van der Waals surface area contributed by atoms with Crippen LogP contribution in [-0.4, -0.2) is 4.98 Å². The van der Waals surface area contributed by atoms with Crippen LogP contribution >= 0.6 is 11.3 Å². The quantitative estimate of drug-likeness (QED) is 0.677. The van der Waals surface area contributed by atoms with E-state index in [0.717, 1.165) is 11.4 Å². The van der Waals surface area contributed by atoms with Gasteiger partial charge in [-0.3, -0.25) is 0 Å². The second-order valence-electron chi connectivity index (χ2n) is 2.23. The van der Waals surface area contributed by atoms with Crippen LogP contribution in [0.3, 0.4) is 0 Å². The normalized spacial score (nSPS) is 12.5. The molecule has 0 radical (unpaired) electrons. The molecule has 58 valence electrons. The highest BCUT2D eigenvalue weighted by atomic mass is 32.1. The SMILES string of the molecule is C#Cc1csc(C(N)CC)n1. The fourth-order valence-electron chi connectivity index (χ4n) is 0.699. The zero-order valence-corrected chi connectivity index (χ0v) is 7.19. The summed E-state index contributed by atoms with van der Waals surface area (Å²) in [4.78, 5) is 4.16. The molecule has 3 heteroatoms. The molecule has 1 atom stereocenters. The van der Waals surface area contributed by atoms with E-state index in [2.05, 4.69) is 10.9 Å². The maximum absolute atomic E-state index is 5.74. The van der Waals surface area contributed by atoms with E-state index in [1.54, 1.807) is 0 Å². The van der Waals surface area contributed by atoms with E-state index in [-0.39, 0.29) is 6.04 Å². The van der Waals surface area contributed by atoms with Gasteiger partial charge in [-0.1, -0.05) is 6.92 Å². The summed E-state index contributed by atoms with van der Waals surface area (Å²) in [5.41, 5.74) is 6.43. The Morgan fingerprint density at radius 3 is 3.09 bits per heavy atom. The van der Waals surface area contributed by atoms with Crippen molar-refractivity contribution < 1.29 is 0 Å². The van der Waals surface area contributed by atoms with Crippen LogP contribution in [0.25, 0.3) is 0 Å². The van der Waals surface area contributed by atoms with E-state index in [9.17, 15) is 0 Å². The van der Waals surface area contributed by atoms with Crippen LogP contribution in [0.1, 0.15) is 30.1 Å². The lowest BCUT2D eigenvalue weighted by atomic mass is 10.2. The fourth-order valence-corrected chi connectivity index (χ4v) is 1.54. The molecule has 0 amide bonds. The molecular weight excluding hydrogens is 156 g/mol. The first kappa shape index (κ1) is 8.25. The Balaban J connectivity index is 2.82. The van der Waals surface area contributed by atoms with Gasteiger partial charge in [-0.25, -0.2) is 4.98 Å². The highest BCUT2D eigenvalue weighted by molar-refractivity contribution is 7.09. The number of nitrogens with two attached hydrogens (primary N) is 1. The van der Waals surface area contributed by atoms with Crippen molar-refractivity contribution in [2.75, 3.05) is 0 Å². The minimum atomic E-state index is 0.0436. The van der Waals surface area contributed by atoms with Crippen molar-refractivity contribution in [3.05, 3.63) is 16.1 Å². The molecule has 0 aliphatic rings. The topological polar surface area (TPSA) is 38.9 Å². The minimum Gasteiger partial charge on any atom is -0.322 e. The van der Waals surface area contributed by atoms with E-state index in [1.165, 1.54) is 11.3 Å². The Labute approximate surface area is 70.5 Å². The van der Waals surface area contributed by atoms with Gasteiger partial charge in [0.05, 0.1) is 6.04 Å².